The van der Waals surface area contributed by atoms with E-state index in [1.807, 2.05) is 30.0 Å². The molecule has 1 fully saturated rings. The number of thiophene rings is 1. The Morgan fingerprint density at radius 3 is 2.48 bits per heavy atom. The van der Waals surface area contributed by atoms with E-state index in [0.717, 1.165) is 27.3 Å². The molecule has 6 nitrogen and oxygen atoms in total. The molecule has 3 heterocycles. The molecular weight excluding hydrogens is 415 g/mol. The van der Waals surface area contributed by atoms with Gasteiger partial charge >= 0.3 is 0 Å². The van der Waals surface area contributed by atoms with E-state index in [2.05, 4.69) is 10.00 Å². The fraction of sp³-hybridized carbons (Fsp3) is 0.217. The summed E-state index contributed by atoms with van der Waals surface area (Å²) in [6.07, 6.45) is 0. The maximum Gasteiger partial charge on any atom is 0.264 e. The number of aromatic hydroxyl groups is 1. The second-order valence-corrected chi connectivity index (χ2v) is 8.60. The normalized spacial score (nSPS) is 14.4. The lowest BCUT2D eigenvalue weighted by atomic mass is 10.2. The van der Waals surface area contributed by atoms with Gasteiger partial charge in [-0.05, 0) is 49.4 Å². The number of hydrogen-bond acceptors (Lipinski definition) is 5. The summed E-state index contributed by atoms with van der Waals surface area (Å²) >= 11 is 1.41. The van der Waals surface area contributed by atoms with E-state index < -0.39 is 0 Å². The highest BCUT2D eigenvalue weighted by atomic mass is 32.1. The maximum atomic E-state index is 13.3. The molecule has 0 aliphatic carbocycles. The molecule has 5 rings (SSSR count). The largest absolute Gasteiger partial charge is 0.506 e. The number of carbonyl (C=O) groups excluding carboxylic acids is 1. The number of hydrogen-bond donors (Lipinski definition) is 1. The van der Waals surface area contributed by atoms with Crippen LogP contribution in [0.3, 0.4) is 0 Å². The number of phenolic OH excluding ortho intramolecular Hbond substituents is 1. The number of phenols is 1. The van der Waals surface area contributed by atoms with Crippen LogP contribution < -0.4 is 4.90 Å². The Hall–Kier alpha value is -3.39. The second kappa shape index (κ2) is 7.70. The first-order valence-electron chi connectivity index (χ1n) is 10.1. The summed E-state index contributed by atoms with van der Waals surface area (Å²) in [5, 5.41) is 15.6. The molecule has 2 aromatic carbocycles. The molecule has 158 valence electrons. The van der Waals surface area contributed by atoms with Crippen molar-refractivity contribution in [2.24, 2.45) is 0 Å². The monoisotopic (exact) mass is 436 g/mol. The highest BCUT2D eigenvalue weighted by Gasteiger charge is 2.26. The number of aromatic nitrogens is 2. The van der Waals surface area contributed by atoms with E-state index in [1.54, 1.807) is 28.9 Å². The summed E-state index contributed by atoms with van der Waals surface area (Å²) in [5.74, 6) is -0.0373. The van der Waals surface area contributed by atoms with Crippen molar-refractivity contribution < 1.29 is 14.3 Å². The lowest BCUT2D eigenvalue weighted by Crippen LogP contribution is -2.48. The molecule has 1 N–H and O–H groups in total. The van der Waals surface area contributed by atoms with Crippen molar-refractivity contribution in [1.29, 1.82) is 0 Å². The molecule has 1 saturated heterocycles. The van der Waals surface area contributed by atoms with Crippen molar-refractivity contribution in [2.45, 2.75) is 6.92 Å². The molecule has 1 amide bonds. The molecule has 0 unspecified atom stereocenters. The molecule has 0 bridgehead atoms. The Morgan fingerprint density at radius 1 is 1.06 bits per heavy atom. The Bertz CT molecular complexity index is 1260. The van der Waals surface area contributed by atoms with E-state index in [4.69, 9.17) is 0 Å². The summed E-state index contributed by atoms with van der Waals surface area (Å²) in [6, 6.07) is 15.3. The maximum absolute atomic E-state index is 13.3. The predicted octanol–water partition coefficient (Wildman–Crippen LogP) is 4.20. The number of carbonyl (C=O) groups is 1. The summed E-state index contributed by atoms with van der Waals surface area (Å²) in [4.78, 5) is 18.7. The Morgan fingerprint density at radius 2 is 1.77 bits per heavy atom. The molecule has 0 radical (unpaired) electrons. The lowest BCUT2D eigenvalue weighted by molar-refractivity contribution is 0.0751. The van der Waals surface area contributed by atoms with Gasteiger partial charge in [-0.15, -0.1) is 11.3 Å². The fourth-order valence-corrected chi connectivity index (χ4v) is 5.10. The Kier molecular flexibility index (Phi) is 4.86. The molecule has 2 aromatic heterocycles. The molecule has 0 spiro atoms. The van der Waals surface area contributed by atoms with Crippen LogP contribution >= 0.6 is 11.3 Å². The number of halogens is 1. The number of para-hydroxylation sites is 2. The molecule has 8 heteroatoms. The SMILES string of the molecule is Cc1nn(-c2ccc(F)cc2)c2sc(C(=O)N3CCN(c4ccccc4O)CC3)cc12. The van der Waals surface area contributed by atoms with Gasteiger partial charge in [0.05, 0.1) is 21.9 Å². The quantitative estimate of drug-likeness (QED) is 0.523. The summed E-state index contributed by atoms with van der Waals surface area (Å²) < 4.78 is 15.1. The molecule has 1 aliphatic heterocycles. The predicted molar refractivity (Wildman–Crippen MR) is 120 cm³/mol. The lowest BCUT2D eigenvalue weighted by Gasteiger charge is -2.36. The van der Waals surface area contributed by atoms with Crippen LogP contribution in [0.5, 0.6) is 5.75 Å². The second-order valence-electron chi connectivity index (χ2n) is 7.57. The van der Waals surface area contributed by atoms with Crippen LogP contribution in [0.15, 0.2) is 54.6 Å². The first-order chi connectivity index (χ1) is 15.0. The Labute approximate surface area is 182 Å². The highest BCUT2D eigenvalue weighted by Crippen LogP contribution is 2.32. The summed E-state index contributed by atoms with van der Waals surface area (Å²) in [6.45, 7) is 4.41. The third-order valence-corrected chi connectivity index (χ3v) is 6.71. The minimum Gasteiger partial charge on any atom is -0.506 e. The van der Waals surface area contributed by atoms with Gasteiger partial charge in [-0.2, -0.15) is 5.10 Å². The van der Waals surface area contributed by atoms with E-state index in [9.17, 15) is 14.3 Å². The fourth-order valence-electron chi connectivity index (χ4n) is 3.95. The molecule has 0 saturated carbocycles. The molecule has 0 atom stereocenters. The van der Waals surface area contributed by atoms with Gasteiger partial charge in [0.15, 0.2) is 0 Å². The van der Waals surface area contributed by atoms with Gasteiger partial charge < -0.3 is 14.9 Å². The van der Waals surface area contributed by atoms with Crippen molar-refractivity contribution >= 4 is 33.1 Å². The molecule has 31 heavy (non-hydrogen) atoms. The molecule has 4 aromatic rings. The average molecular weight is 437 g/mol. The van der Waals surface area contributed by atoms with E-state index >= 15 is 0 Å². The number of rotatable bonds is 3. The average Bonchev–Trinajstić information content (AvgIpc) is 3.35. The number of amides is 1. The van der Waals surface area contributed by atoms with Gasteiger partial charge in [-0.1, -0.05) is 12.1 Å². The standard InChI is InChI=1S/C23H21FN4O2S/c1-15-18-14-21(31-23(18)28(25-15)17-8-6-16(24)7-9-17)22(30)27-12-10-26(11-13-27)19-4-2-3-5-20(19)29/h2-9,14,29H,10-13H2,1H3. The van der Waals surface area contributed by atoms with Crippen molar-refractivity contribution in [1.82, 2.24) is 14.7 Å². The topological polar surface area (TPSA) is 61.6 Å². The van der Waals surface area contributed by atoms with Gasteiger partial charge in [-0.3, -0.25) is 4.79 Å². The first-order valence-corrected chi connectivity index (χ1v) is 10.9. The third kappa shape index (κ3) is 3.53. The number of nitrogens with zero attached hydrogens (tertiary/aromatic N) is 4. The van der Waals surface area contributed by atoms with Gasteiger partial charge in [0.25, 0.3) is 5.91 Å². The van der Waals surface area contributed by atoms with Crippen LogP contribution in [0, 0.1) is 12.7 Å². The number of piperazine rings is 1. The number of aryl methyl sites for hydroxylation is 1. The number of anilines is 1. The van der Waals surface area contributed by atoms with E-state index in [0.29, 0.717) is 31.1 Å². The van der Waals surface area contributed by atoms with Crippen LogP contribution in [0.4, 0.5) is 10.1 Å². The Balaban J connectivity index is 1.37. The number of fused-ring (bicyclic) bond motifs is 1. The van der Waals surface area contributed by atoms with Gasteiger partial charge in [-0.25, -0.2) is 9.07 Å². The van der Waals surface area contributed by atoms with Crippen LogP contribution in [0.25, 0.3) is 15.9 Å². The van der Waals surface area contributed by atoms with Crippen molar-refractivity contribution in [3.8, 4) is 11.4 Å². The highest BCUT2D eigenvalue weighted by molar-refractivity contribution is 7.20. The van der Waals surface area contributed by atoms with Crippen molar-refractivity contribution in [2.75, 3.05) is 31.1 Å². The van der Waals surface area contributed by atoms with Crippen LogP contribution in [0.2, 0.25) is 0 Å². The minimum atomic E-state index is -0.297. The van der Waals surface area contributed by atoms with Gasteiger partial charge in [0, 0.05) is 31.6 Å². The zero-order chi connectivity index (χ0) is 21.5. The minimum absolute atomic E-state index is 0.00295. The zero-order valence-corrected chi connectivity index (χ0v) is 17.8. The number of benzene rings is 2. The van der Waals surface area contributed by atoms with Gasteiger partial charge in [0.2, 0.25) is 0 Å². The molecule has 1 aliphatic rings. The van der Waals surface area contributed by atoms with Crippen LogP contribution in [-0.4, -0.2) is 51.9 Å². The summed E-state index contributed by atoms with van der Waals surface area (Å²) in [5.41, 5.74) is 2.39. The van der Waals surface area contributed by atoms with Crippen molar-refractivity contribution in [3.05, 3.63) is 71.0 Å². The summed E-state index contributed by atoms with van der Waals surface area (Å²) in [7, 11) is 0. The zero-order valence-electron chi connectivity index (χ0n) is 17.0. The van der Waals surface area contributed by atoms with Crippen molar-refractivity contribution in [3.63, 3.8) is 0 Å². The van der Waals surface area contributed by atoms with Gasteiger partial charge in [0.1, 0.15) is 16.4 Å². The van der Waals surface area contributed by atoms with Crippen LogP contribution in [0.1, 0.15) is 15.4 Å². The molecular formula is C23H21FN4O2S. The smallest absolute Gasteiger partial charge is 0.264 e. The first kappa shape index (κ1) is 19.6. The van der Waals surface area contributed by atoms with E-state index in [1.165, 1.54) is 23.5 Å². The third-order valence-electron chi connectivity index (χ3n) is 5.62. The van der Waals surface area contributed by atoms with E-state index in [-0.39, 0.29) is 17.5 Å². The van der Waals surface area contributed by atoms with Crippen LogP contribution in [-0.2, 0) is 0 Å².